The highest BCUT2D eigenvalue weighted by atomic mass is 16.3. The van der Waals surface area contributed by atoms with E-state index in [0.29, 0.717) is 18.8 Å². The van der Waals surface area contributed by atoms with E-state index in [-0.39, 0.29) is 11.8 Å². The third-order valence-electron chi connectivity index (χ3n) is 5.79. The smallest absolute Gasteiger partial charge is 0.223 e. The monoisotopic (exact) mass is 401 g/mol. The summed E-state index contributed by atoms with van der Waals surface area (Å²) >= 11 is 0. The van der Waals surface area contributed by atoms with Gasteiger partial charge in [0.25, 0.3) is 0 Å². The molecule has 1 aromatic carbocycles. The number of phenolic OH excluding ortho intramolecular Hbond substituents is 1. The first-order valence-corrected chi connectivity index (χ1v) is 11.0. The fourth-order valence-corrected chi connectivity index (χ4v) is 4.17. The van der Waals surface area contributed by atoms with Crippen LogP contribution in [0.2, 0.25) is 0 Å². The number of aromatic hydroxyl groups is 1. The minimum absolute atomic E-state index is 0.196. The number of hydrogen-bond acceptors (Lipinski definition) is 4. The van der Waals surface area contributed by atoms with Crippen molar-refractivity contribution in [3.05, 3.63) is 24.3 Å². The zero-order valence-corrected chi connectivity index (χ0v) is 17.6. The third kappa shape index (κ3) is 6.02. The Bertz CT molecular complexity index is 680. The van der Waals surface area contributed by atoms with Crippen LogP contribution in [-0.2, 0) is 4.79 Å². The maximum absolute atomic E-state index is 12.3. The number of para-hydroxylation sites is 2. The zero-order valence-electron chi connectivity index (χ0n) is 17.6. The summed E-state index contributed by atoms with van der Waals surface area (Å²) in [5, 5.41) is 16.5. The average molecular weight is 402 g/mol. The number of nitrogens with one attached hydrogen (secondary N) is 2. The molecule has 1 aliphatic heterocycles. The lowest BCUT2D eigenvalue weighted by molar-refractivity contribution is -0.125. The molecule has 2 aliphatic rings. The van der Waals surface area contributed by atoms with Gasteiger partial charge in [0, 0.05) is 45.2 Å². The molecule has 1 aromatic rings. The minimum Gasteiger partial charge on any atom is -0.506 e. The Morgan fingerprint density at radius 2 is 1.83 bits per heavy atom. The van der Waals surface area contributed by atoms with E-state index in [4.69, 9.17) is 4.99 Å². The number of phenols is 1. The number of piperazine rings is 1. The molecule has 7 heteroatoms. The van der Waals surface area contributed by atoms with Crippen molar-refractivity contribution in [2.45, 2.75) is 39.0 Å². The molecule has 1 heterocycles. The molecule has 0 aromatic heterocycles. The van der Waals surface area contributed by atoms with Crippen molar-refractivity contribution in [3.8, 4) is 5.75 Å². The van der Waals surface area contributed by atoms with Crippen LogP contribution < -0.4 is 15.5 Å². The van der Waals surface area contributed by atoms with E-state index in [0.717, 1.165) is 57.2 Å². The second kappa shape index (κ2) is 10.9. The van der Waals surface area contributed by atoms with Crippen LogP contribution in [0.25, 0.3) is 0 Å². The highest BCUT2D eigenvalue weighted by Gasteiger charge is 2.22. The summed E-state index contributed by atoms with van der Waals surface area (Å²) < 4.78 is 0. The van der Waals surface area contributed by atoms with Crippen LogP contribution in [0.5, 0.6) is 5.75 Å². The van der Waals surface area contributed by atoms with Crippen LogP contribution in [0.4, 0.5) is 5.69 Å². The van der Waals surface area contributed by atoms with Gasteiger partial charge in [0.15, 0.2) is 5.96 Å². The van der Waals surface area contributed by atoms with Gasteiger partial charge in [0.2, 0.25) is 5.91 Å². The number of amides is 1. The number of hydrogen-bond donors (Lipinski definition) is 3. The molecule has 3 rings (SSSR count). The topological polar surface area (TPSA) is 80.2 Å². The predicted octanol–water partition coefficient (Wildman–Crippen LogP) is 2.18. The molecule has 1 aliphatic carbocycles. The van der Waals surface area contributed by atoms with Crippen molar-refractivity contribution in [2.75, 3.05) is 50.7 Å². The number of carbonyl (C=O) groups excluding carboxylic acids is 1. The van der Waals surface area contributed by atoms with Gasteiger partial charge in [-0.25, -0.2) is 0 Å². The molecule has 160 valence electrons. The first kappa shape index (κ1) is 21.3. The molecule has 0 spiro atoms. The average Bonchev–Trinajstić information content (AvgIpc) is 2.77. The molecule has 1 saturated heterocycles. The third-order valence-corrected chi connectivity index (χ3v) is 5.79. The number of carbonyl (C=O) groups is 1. The van der Waals surface area contributed by atoms with E-state index in [1.807, 2.05) is 18.2 Å². The summed E-state index contributed by atoms with van der Waals surface area (Å²) in [5.74, 6) is 1.62. The van der Waals surface area contributed by atoms with Crippen molar-refractivity contribution in [2.24, 2.45) is 10.9 Å². The number of rotatable bonds is 6. The number of nitrogens with zero attached hydrogens (tertiary/aromatic N) is 3. The Kier molecular flexibility index (Phi) is 8.02. The molecule has 0 atom stereocenters. The number of aliphatic imine (C=N–C) groups is 1. The molecular weight excluding hydrogens is 366 g/mol. The summed E-state index contributed by atoms with van der Waals surface area (Å²) in [6.07, 6.45) is 5.66. The normalized spacial score (nSPS) is 18.6. The van der Waals surface area contributed by atoms with Crippen molar-refractivity contribution >= 4 is 17.6 Å². The first-order chi connectivity index (χ1) is 14.2. The number of benzene rings is 1. The van der Waals surface area contributed by atoms with Crippen LogP contribution >= 0.6 is 0 Å². The van der Waals surface area contributed by atoms with E-state index < -0.39 is 0 Å². The number of guanidine groups is 1. The molecule has 0 radical (unpaired) electrons. The van der Waals surface area contributed by atoms with Crippen LogP contribution in [0.3, 0.4) is 0 Å². The SMILES string of the molecule is CCNC(=NCCNC(=O)C1CCCCC1)N1CCN(c2ccccc2O)CC1. The molecule has 0 bridgehead atoms. The molecule has 1 amide bonds. The highest BCUT2D eigenvalue weighted by molar-refractivity contribution is 5.81. The fourth-order valence-electron chi connectivity index (χ4n) is 4.17. The Morgan fingerprint density at radius 3 is 2.52 bits per heavy atom. The zero-order chi connectivity index (χ0) is 20.5. The Labute approximate surface area is 174 Å². The molecule has 0 unspecified atom stereocenters. The van der Waals surface area contributed by atoms with Crippen LogP contribution in [0, 0.1) is 5.92 Å². The summed E-state index contributed by atoms with van der Waals surface area (Å²) in [5.41, 5.74) is 0.888. The second-order valence-electron chi connectivity index (χ2n) is 7.82. The molecule has 2 fully saturated rings. The van der Waals surface area contributed by atoms with Gasteiger partial charge in [-0.15, -0.1) is 0 Å². The standard InChI is InChI=1S/C22H35N5O2/c1-2-23-22(25-13-12-24-21(29)18-8-4-3-5-9-18)27-16-14-26(15-17-27)19-10-6-7-11-20(19)28/h6-7,10-11,18,28H,2-5,8-9,12-17H2,1H3,(H,23,25)(H,24,29). The van der Waals surface area contributed by atoms with Gasteiger partial charge >= 0.3 is 0 Å². The lowest BCUT2D eigenvalue weighted by atomic mass is 9.89. The lowest BCUT2D eigenvalue weighted by Crippen LogP contribution is -2.52. The fraction of sp³-hybridized carbons (Fsp3) is 0.636. The largest absolute Gasteiger partial charge is 0.506 e. The molecular formula is C22H35N5O2. The Hall–Kier alpha value is -2.44. The van der Waals surface area contributed by atoms with Gasteiger partial charge < -0.3 is 25.5 Å². The summed E-state index contributed by atoms with van der Waals surface area (Å²) in [6.45, 7) is 7.40. The lowest BCUT2D eigenvalue weighted by Gasteiger charge is -2.37. The van der Waals surface area contributed by atoms with Gasteiger partial charge in [-0.1, -0.05) is 31.4 Å². The maximum Gasteiger partial charge on any atom is 0.223 e. The van der Waals surface area contributed by atoms with E-state index in [2.05, 4.69) is 27.4 Å². The molecule has 3 N–H and O–H groups in total. The molecule has 7 nitrogen and oxygen atoms in total. The summed E-state index contributed by atoms with van der Waals surface area (Å²) in [4.78, 5) is 21.4. The van der Waals surface area contributed by atoms with E-state index in [1.54, 1.807) is 6.07 Å². The number of anilines is 1. The van der Waals surface area contributed by atoms with Crippen LogP contribution in [0.1, 0.15) is 39.0 Å². The van der Waals surface area contributed by atoms with Gasteiger partial charge in [0.1, 0.15) is 5.75 Å². The van der Waals surface area contributed by atoms with Crippen LogP contribution in [-0.4, -0.2) is 67.7 Å². The Morgan fingerprint density at radius 1 is 1.10 bits per heavy atom. The Balaban J connectivity index is 1.46. The second-order valence-corrected chi connectivity index (χ2v) is 7.82. The van der Waals surface area contributed by atoms with Crippen LogP contribution in [0.15, 0.2) is 29.3 Å². The first-order valence-electron chi connectivity index (χ1n) is 11.0. The van der Waals surface area contributed by atoms with Crippen molar-refractivity contribution in [3.63, 3.8) is 0 Å². The van der Waals surface area contributed by atoms with Crippen molar-refractivity contribution in [1.82, 2.24) is 15.5 Å². The van der Waals surface area contributed by atoms with Gasteiger partial charge in [0.05, 0.1) is 12.2 Å². The summed E-state index contributed by atoms with van der Waals surface area (Å²) in [6, 6.07) is 7.49. The van der Waals surface area contributed by atoms with E-state index in [1.165, 1.54) is 19.3 Å². The van der Waals surface area contributed by atoms with Gasteiger partial charge in [-0.05, 0) is 31.9 Å². The van der Waals surface area contributed by atoms with Crippen molar-refractivity contribution < 1.29 is 9.90 Å². The van der Waals surface area contributed by atoms with Crippen molar-refractivity contribution in [1.29, 1.82) is 0 Å². The van der Waals surface area contributed by atoms with E-state index in [9.17, 15) is 9.90 Å². The summed E-state index contributed by atoms with van der Waals surface area (Å²) in [7, 11) is 0. The van der Waals surface area contributed by atoms with E-state index >= 15 is 0 Å². The maximum atomic E-state index is 12.3. The quantitative estimate of drug-likeness (QED) is 0.387. The minimum atomic E-state index is 0.196. The molecule has 1 saturated carbocycles. The molecule has 29 heavy (non-hydrogen) atoms. The van der Waals surface area contributed by atoms with Gasteiger partial charge in [-0.3, -0.25) is 9.79 Å². The predicted molar refractivity (Wildman–Crippen MR) is 117 cm³/mol. The van der Waals surface area contributed by atoms with Gasteiger partial charge in [-0.2, -0.15) is 0 Å². The highest BCUT2D eigenvalue weighted by Crippen LogP contribution is 2.27.